The molecule has 14 heavy (non-hydrogen) atoms. The van der Waals surface area contributed by atoms with E-state index in [0.717, 1.165) is 12.8 Å². The van der Waals surface area contributed by atoms with Crippen LogP contribution in [-0.4, -0.2) is 25.2 Å². The number of rotatable bonds is 1. The first-order valence-electron chi connectivity index (χ1n) is 5.94. The molecule has 0 radical (unpaired) electrons. The van der Waals surface area contributed by atoms with Crippen molar-refractivity contribution in [2.75, 3.05) is 7.05 Å². The van der Waals surface area contributed by atoms with Gasteiger partial charge < -0.3 is 16.8 Å². The van der Waals surface area contributed by atoms with Gasteiger partial charge in [0.25, 0.3) is 0 Å². The summed E-state index contributed by atoms with van der Waals surface area (Å²) in [4.78, 5) is 0. The fourth-order valence-electron chi connectivity index (χ4n) is 2.40. The van der Waals surface area contributed by atoms with Gasteiger partial charge in [0.1, 0.15) is 0 Å². The first kappa shape index (κ1) is 12.0. The first-order chi connectivity index (χ1) is 6.75. The minimum Gasteiger partial charge on any atom is -0.326 e. The maximum absolute atomic E-state index is 6.13. The molecule has 0 aromatic rings. The van der Waals surface area contributed by atoms with Gasteiger partial charge >= 0.3 is 0 Å². The van der Waals surface area contributed by atoms with Crippen molar-refractivity contribution in [3.05, 3.63) is 0 Å². The smallest absolute Gasteiger partial charge is 0.0368 e. The highest BCUT2D eigenvalue weighted by molar-refractivity contribution is 4.87. The van der Waals surface area contributed by atoms with Gasteiger partial charge in [-0.15, -0.1) is 0 Å². The van der Waals surface area contributed by atoms with Crippen LogP contribution in [0.1, 0.15) is 44.9 Å². The topological polar surface area (TPSA) is 64.1 Å². The van der Waals surface area contributed by atoms with Crippen LogP contribution < -0.4 is 16.8 Å². The molecule has 3 atom stereocenters. The number of likely N-dealkylation sites (N-methyl/N-ethyl adjacent to an activating group) is 1. The SMILES string of the molecule is CNC1[C@H](N)CCCCCCC[C@@H]1N. The Bertz CT molecular complexity index is 135. The van der Waals surface area contributed by atoms with Crippen molar-refractivity contribution in [2.45, 2.75) is 63.1 Å². The highest BCUT2D eigenvalue weighted by Gasteiger charge is 2.22. The van der Waals surface area contributed by atoms with Crippen LogP contribution in [0, 0.1) is 0 Å². The minimum atomic E-state index is 0.230. The summed E-state index contributed by atoms with van der Waals surface area (Å²) in [6, 6.07) is 0.759. The third-order valence-corrected chi connectivity index (χ3v) is 3.33. The molecule has 0 bridgehead atoms. The van der Waals surface area contributed by atoms with Crippen molar-refractivity contribution in [1.29, 1.82) is 0 Å². The van der Waals surface area contributed by atoms with Gasteiger partial charge in [-0.1, -0.05) is 32.1 Å². The second kappa shape index (κ2) is 6.38. The number of hydrogen-bond acceptors (Lipinski definition) is 3. The van der Waals surface area contributed by atoms with Crippen molar-refractivity contribution in [1.82, 2.24) is 5.32 Å². The average molecular weight is 199 g/mol. The van der Waals surface area contributed by atoms with Crippen molar-refractivity contribution >= 4 is 0 Å². The van der Waals surface area contributed by atoms with Crippen LogP contribution in [0.5, 0.6) is 0 Å². The van der Waals surface area contributed by atoms with Crippen LogP contribution in [0.25, 0.3) is 0 Å². The Labute approximate surface area is 87.6 Å². The fourth-order valence-corrected chi connectivity index (χ4v) is 2.40. The van der Waals surface area contributed by atoms with E-state index < -0.39 is 0 Å². The Morgan fingerprint density at radius 3 is 1.71 bits per heavy atom. The van der Waals surface area contributed by atoms with E-state index in [1.54, 1.807) is 0 Å². The van der Waals surface area contributed by atoms with E-state index in [-0.39, 0.29) is 12.1 Å². The largest absolute Gasteiger partial charge is 0.326 e. The van der Waals surface area contributed by atoms with Crippen molar-refractivity contribution in [2.24, 2.45) is 11.5 Å². The Hall–Kier alpha value is -0.120. The van der Waals surface area contributed by atoms with E-state index in [9.17, 15) is 0 Å². The summed E-state index contributed by atoms with van der Waals surface area (Å²) in [5.41, 5.74) is 12.3. The average Bonchev–Trinajstić information content (AvgIpc) is 2.17. The number of nitrogens with one attached hydrogen (secondary N) is 1. The zero-order valence-electron chi connectivity index (χ0n) is 9.34. The molecule has 0 spiro atoms. The van der Waals surface area contributed by atoms with E-state index in [4.69, 9.17) is 11.5 Å². The van der Waals surface area contributed by atoms with Crippen molar-refractivity contribution < 1.29 is 0 Å². The predicted octanol–water partition coefficient (Wildman–Crippen LogP) is 0.973. The monoisotopic (exact) mass is 199 g/mol. The molecule has 3 heteroatoms. The predicted molar refractivity (Wildman–Crippen MR) is 61.1 cm³/mol. The highest BCUT2D eigenvalue weighted by Crippen LogP contribution is 2.15. The Kier molecular flexibility index (Phi) is 5.45. The van der Waals surface area contributed by atoms with Gasteiger partial charge in [-0.3, -0.25) is 0 Å². The van der Waals surface area contributed by atoms with E-state index >= 15 is 0 Å². The van der Waals surface area contributed by atoms with Crippen LogP contribution in [0.3, 0.4) is 0 Å². The second-order valence-electron chi connectivity index (χ2n) is 4.49. The van der Waals surface area contributed by atoms with E-state index in [0.29, 0.717) is 6.04 Å². The molecular weight excluding hydrogens is 174 g/mol. The summed E-state index contributed by atoms with van der Waals surface area (Å²) in [5.74, 6) is 0. The molecule has 0 saturated heterocycles. The van der Waals surface area contributed by atoms with Crippen LogP contribution in [0.15, 0.2) is 0 Å². The van der Waals surface area contributed by atoms with Gasteiger partial charge in [-0.25, -0.2) is 0 Å². The summed E-state index contributed by atoms with van der Waals surface area (Å²) < 4.78 is 0. The molecule has 0 amide bonds. The molecule has 1 rings (SSSR count). The molecule has 84 valence electrons. The maximum atomic E-state index is 6.13. The highest BCUT2D eigenvalue weighted by atomic mass is 15.0. The van der Waals surface area contributed by atoms with Gasteiger partial charge in [0.15, 0.2) is 0 Å². The molecule has 1 aliphatic rings. The lowest BCUT2D eigenvalue weighted by Gasteiger charge is -2.30. The van der Waals surface area contributed by atoms with Crippen LogP contribution >= 0.6 is 0 Å². The maximum Gasteiger partial charge on any atom is 0.0368 e. The summed E-state index contributed by atoms with van der Waals surface area (Å²) in [6.45, 7) is 0. The Morgan fingerprint density at radius 2 is 1.29 bits per heavy atom. The molecule has 3 nitrogen and oxygen atoms in total. The zero-order valence-corrected chi connectivity index (χ0v) is 9.34. The van der Waals surface area contributed by atoms with Crippen LogP contribution in [0.4, 0.5) is 0 Å². The first-order valence-corrected chi connectivity index (χ1v) is 5.94. The molecular formula is C11H25N3. The lowest BCUT2D eigenvalue weighted by Crippen LogP contribution is -2.54. The van der Waals surface area contributed by atoms with E-state index in [1.165, 1.54) is 32.1 Å². The number of hydrogen-bond donors (Lipinski definition) is 3. The number of nitrogens with two attached hydrogens (primary N) is 2. The molecule has 0 aliphatic heterocycles. The molecule has 1 fully saturated rings. The standard InChI is InChI=1S/C11H25N3/c1-14-11-9(12)7-5-3-2-4-6-8-10(11)13/h9-11,14H,2-8,12-13H2,1H3/t9-,10+,11?. The molecule has 0 aromatic carbocycles. The van der Waals surface area contributed by atoms with Crippen molar-refractivity contribution in [3.8, 4) is 0 Å². The van der Waals surface area contributed by atoms with Crippen molar-refractivity contribution in [3.63, 3.8) is 0 Å². The summed E-state index contributed by atoms with van der Waals surface area (Å²) in [7, 11) is 1.97. The lowest BCUT2D eigenvalue weighted by molar-refractivity contribution is 0.336. The molecule has 1 unspecified atom stereocenters. The third kappa shape index (κ3) is 3.56. The molecule has 1 aliphatic carbocycles. The minimum absolute atomic E-state index is 0.230. The third-order valence-electron chi connectivity index (χ3n) is 3.33. The summed E-state index contributed by atoms with van der Waals surface area (Å²) >= 11 is 0. The van der Waals surface area contributed by atoms with E-state index in [2.05, 4.69) is 5.32 Å². The molecule has 0 heterocycles. The lowest BCUT2D eigenvalue weighted by atomic mass is 9.91. The quantitative estimate of drug-likeness (QED) is 0.590. The Morgan fingerprint density at radius 1 is 0.857 bits per heavy atom. The van der Waals surface area contributed by atoms with Gasteiger partial charge in [-0.05, 0) is 19.9 Å². The normalized spacial score (nSPS) is 36.6. The second-order valence-corrected chi connectivity index (χ2v) is 4.49. The molecule has 1 saturated carbocycles. The fraction of sp³-hybridized carbons (Fsp3) is 1.00. The van der Waals surface area contributed by atoms with Crippen LogP contribution in [-0.2, 0) is 0 Å². The summed E-state index contributed by atoms with van der Waals surface area (Å²) in [5, 5.41) is 3.27. The molecule has 5 N–H and O–H groups in total. The van der Waals surface area contributed by atoms with Gasteiger partial charge in [0.2, 0.25) is 0 Å². The molecule has 0 aromatic heterocycles. The van der Waals surface area contributed by atoms with Gasteiger partial charge in [0, 0.05) is 18.1 Å². The Balaban J connectivity index is 2.47. The van der Waals surface area contributed by atoms with Crippen LogP contribution in [0.2, 0.25) is 0 Å². The summed E-state index contributed by atoms with van der Waals surface area (Å²) in [6.07, 6.45) is 8.75. The van der Waals surface area contributed by atoms with E-state index in [1.807, 2.05) is 7.05 Å². The van der Waals surface area contributed by atoms with Gasteiger partial charge in [0.05, 0.1) is 0 Å². The van der Waals surface area contributed by atoms with Gasteiger partial charge in [-0.2, -0.15) is 0 Å². The zero-order chi connectivity index (χ0) is 10.4.